The Balaban J connectivity index is 2.65. The smallest absolute Gasteiger partial charge is 0.361 e. The highest BCUT2D eigenvalue weighted by atomic mass is 16.5. The minimum Gasteiger partial charge on any atom is -0.465 e. The summed E-state index contributed by atoms with van der Waals surface area (Å²) in [4.78, 5) is 48.9. The van der Waals surface area contributed by atoms with Crippen molar-refractivity contribution in [2.24, 2.45) is 0 Å². The number of benzene rings is 1. The number of esters is 2. The first-order chi connectivity index (χ1) is 11.5. The summed E-state index contributed by atoms with van der Waals surface area (Å²) in [6, 6.07) is 7.25. The van der Waals surface area contributed by atoms with Crippen molar-refractivity contribution < 1.29 is 23.5 Å². The van der Waals surface area contributed by atoms with Crippen molar-refractivity contribution >= 4 is 28.6 Å². The molecular weight excluding hydrogens is 318 g/mol. The van der Waals surface area contributed by atoms with Gasteiger partial charge in [0.05, 0.1) is 25.3 Å². The van der Waals surface area contributed by atoms with Crippen LogP contribution in [0.4, 0.5) is 0 Å². The van der Waals surface area contributed by atoms with Crippen LogP contribution < -0.4 is 11.2 Å². The van der Waals surface area contributed by atoms with Crippen LogP contribution in [-0.4, -0.2) is 30.6 Å². The van der Waals surface area contributed by atoms with Gasteiger partial charge in [0.1, 0.15) is 5.56 Å². The fourth-order valence-corrected chi connectivity index (χ4v) is 2.50. The number of methoxy groups -OCH3 is 2. The Morgan fingerprint density at radius 2 is 1.71 bits per heavy atom. The lowest BCUT2D eigenvalue weighted by Gasteiger charge is -2.11. The van der Waals surface area contributed by atoms with E-state index in [0.29, 0.717) is 0 Å². The number of hydrogen-bond acceptors (Lipinski definition) is 7. The van der Waals surface area contributed by atoms with E-state index in [1.165, 1.54) is 6.07 Å². The fourth-order valence-electron chi connectivity index (χ4n) is 2.50. The second-order valence-corrected chi connectivity index (χ2v) is 4.80. The predicted octanol–water partition coefficient (Wildman–Crippen LogP) is 0.979. The second-order valence-electron chi connectivity index (χ2n) is 4.80. The molecule has 3 aromatic rings. The molecule has 0 unspecified atom stereocenters. The summed E-state index contributed by atoms with van der Waals surface area (Å²) in [6.45, 7) is 0. The van der Waals surface area contributed by atoms with Crippen molar-refractivity contribution in [2.45, 2.75) is 0 Å². The largest absolute Gasteiger partial charge is 0.465 e. The number of pyridine rings is 1. The monoisotopic (exact) mass is 329 g/mol. The highest BCUT2D eigenvalue weighted by Gasteiger charge is 2.26. The summed E-state index contributed by atoms with van der Waals surface area (Å²) in [5.74, 6) is -1.90. The van der Waals surface area contributed by atoms with Crippen LogP contribution in [-0.2, 0) is 9.47 Å². The van der Waals surface area contributed by atoms with Crippen LogP contribution in [0.1, 0.15) is 20.7 Å². The van der Waals surface area contributed by atoms with E-state index >= 15 is 0 Å². The number of rotatable bonds is 2. The lowest BCUT2D eigenvalue weighted by molar-refractivity contribution is 0.0556. The van der Waals surface area contributed by atoms with E-state index in [4.69, 9.17) is 4.42 Å². The molecule has 2 heterocycles. The van der Waals surface area contributed by atoms with Gasteiger partial charge in [0, 0.05) is 6.07 Å². The van der Waals surface area contributed by atoms with E-state index in [2.05, 4.69) is 9.47 Å². The van der Waals surface area contributed by atoms with E-state index in [0.717, 1.165) is 24.7 Å². The zero-order valence-electron chi connectivity index (χ0n) is 12.7. The maximum absolute atomic E-state index is 12.5. The summed E-state index contributed by atoms with van der Waals surface area (Å²) in [7, 11) is 2.18. The van der Waals surface area contributed by atoms with Gasteiger partial charge in [-0.15, -0.1) is 0 Å². The van der Waals surface area contributed by atoms with E-state index in [9.17, 15) is 19.2 Å². The highest BCUT2D eigenvalue weighted by molar-refractivity contribution is 6.08. The standard InChI is InChI=1S/C16H11NO7/c1-22-14(19)8-7-11(18)17-9-5-3-4-6-10(9)24-16(21)13(17)12(8)15(20)23-2/h3-7H,1-2H3. The Hall–Kier alpha value is -3.42. The van der Waals surface area contributed by atoms with Crippen LogP contribution in [0.15, 0.2) is 44.3 Å². The highest BCUT2D eigenvalue weighted by Crippen LogP contribution is 2.19. The molecule has 8 nitrogen and oxygen atoms in total. The van der Waals surface area contributed by atoms with Gasteiger partial charge in [-0.2, -0.15) is 0 Å². The molecule has 0 aliphatic carbocycles. The van der Waals surface area contributed by atoms with Crippen LogP contribution in [0.25, 0.3) is 16.6 Å². The summed E-state index contributed by atoms with van der Waals surface area (Å²) in [6.07, 6.45) is 0. The minimum absolute atomic E-state index is 0.165. The van der Waals surface area contributed by atoms with Crippen molar-refractivity contribution in [3.63, 3.8) is 0 Å². The fraction of sp³-hybridized carbons (Fsp3) is 0.125. The molecule has 1 aromatic carbocycles. The third-order valence-electron chi connectivity index (χ3n) is 3.51. The van der Waals surface area contributed by atoms with Crippen molar-refractivity contribution in [3.8, 4) is 0 Å². The zero-order valence-corrected chi connectivity index (χ0v) is 12.7. The average molecular weight is 329 g/mol. The first-order valence-corrected chi connectivity index (χ1v) is 6.78. The zero-order chi connectivity index (χ0) is 17.4. The number of hydrogen-bond donors (Lipinski definition) is 0. The van der Waals surface area contributed by atoms with Crippen molar-refractivity contribution in [2.75, 3.05) is 14.2 Å². The third-order valence-corrected chi connectivity index (χ3v) is 3.51. The normalized spacial score (nSPS) is 10.8. The lowest BCUT2D eigenvalue weighted by atomic mass is 10.1. The van der Waals surface area contributed by atoms with Gasteiger partial charge in [-0.05, 0) is 12.1 Å². The predicted molar refractivity (Wildman–Crippen MR) is 82.4 cm³/mol. The molecule has 122 valence electrons. The number of aromatic nitrogens is 1. The number of carbonyl (C=O) groups excluding carboxylic acids is 2. The molecule has 0 N–H and O–H groups in total. The molecule has 0 saturated carbocycles. The maximum Gasteiger partial charge on any atom is 0.361 e. The van der Waals surface area contributed by atoms with Gasteiger partial charge in [-0.25, -0.2) is 14.4 Å². The number of carbonyl (C=O) groups is 2. The van der Waals surface area contributed by atoms with Crippen LogP contribution in [0, 0.1) is 0 Å². The Morgan fingerprint density at radius 3 is 2.38 bits per heavy atom. The molecule has 0 radical (unpaired) electrons. The van der Waals surface area contributed by atoms with Gasteiger partial charge >= 0.3 is 17.6 Å². The number of para-hydroxylation sites is 2. The molecule has 8 heteroatoms. The molecule has 0 saturated heterocycles. The summed E-state index contributed by atoms with van der Waals surface area (Å²) in [5.41, 5.74) is -2.31. The molecule has 2 aromatic heterocycles. The molecule has 0 spiro atoms. The van der Waals surface area contributed by atoms with Crippen molar-refractivity contribution in [3.05, 3.63) is 62.2 Å². The first-order valence-electron chi connectivity index (χ1n) is 6.78. The van der Waals surface area contributed by atoms with E-state index in [1.54, 1.807) is 18.2 Å². The minimum atomic E-state index is -0.963. The van der Waals surface area contributed by atoms with Gasteiger partial charge in [0.15, 0.2) is 11.1 Å². The molecule has 0 aliphatic heterocycles. The molecule has 0 bridgehead atoms. The SMILES string of the molecule is COC(=O)c1cc(=O)n2c(c1C(=O)OC)c(=O)oc1ccccc12. The topological polar surface area (TPSA) is 104 Å². The summed E-state index contributed by atoms with van der Waals surface area (Å²) >= 11 is 0. The summed E-state index contributed by atoms with van der Waals surface area (Å²) in [5, 5.41) is 0. The Kier molecular flexibility index (Phi) is 3.64. The molecule has 0 aliphatic rings. The third kappa shape index (κ3) is 2.16. The summed E-state index contributed by atoms with van der Waals surface area (Å²) < 4.78 is 15.4. The molecule has 0 fully saturated rings. The van der Waals surface area contributed by atoms with Gasteiger partial charge in [-0.3, -0.25) is 9.20 Å². The quantitative estimate of drug-likeness (QED) is 0.510. The Labute approximate surface area is 133 Å². The first kappa shape index (κ1) is 15.5. The van der Waals surface area contributed by atoms with Gasteiger partial charge < -0.3 is 13.9 Å². The van der Waals surface area contributed by atoms with Gasteiger partial charge in [0.25, 0.3) is 5.56 Å². The Bertz CT molecular complexity index is 1110. The van der Waals surface area contributed by atoms with Gasteiger partial charge in [-0.1, -0.05) is 12.1 Å². The number of ether oxygens (including phenoxy) is 2. The molecular formula is C16H11NO7. The number of nitrogens with zero attached hydrogens (tertiary/aromatic N) is 1. The van der Waals surface area contributed by atoms with E-state index in [-0.39, 0.29) is 27.7 Å². The Morgan fingerprint density at radius 1 is 1.04 bits per heavy atom. The van der Waals surface area contributed by atoms with Crippen LogP contribution >= 0.6 is 0 Å². The second kappa shape index (κ2) is 5.65. The molecule has 0 atom stereocenters. The van der Waals surface area contributed by atoms with E-state index in [1.807, 2.05) is 0 Å². The van der Waals surface area contributed by atoms with Crippen molar-refractivity contribution in [1.82, 2.24) is 4.40 Å². The number of fused-ring (bicyclic) bond motifs is 3. The average Bonchev–Trinajstić information content (AvgIpc) is 2.60. The van der Waals surface area contributed by atoms with Crippen molar-refractivity contribution in [1.29, 1.82) is 0 Å². The molecule has 3 rings (SSSR count). The van der Waals surface area contributed by atoms with Crippen LogP contribution in [0.5, 0.6) is 0 Å². The van der Waals surface area contributed by atoms with Crippen LogP contribution in [0.3, 0.4) is 0 Å². The molecule has 0 amide bonds. The van der Waals surface area contributed by atoms with Crippen LogP contribution in [0.2, 0.25) is 0 Å². The lowest BCUT2D eigenvalue weighted by Crippen LogP contribution is -2.26. The van der Waals surface area contributed by atoms with Gasteiger partial charge in [0.2, 0.25) is 0 Å². The van der Waals surface area contributed by atoms with E-state index < -0.39 is 23.1 Å². The maximum atomic E-state index is 12.5. The molecule has 24 heavy (non-hydrogen) atoms.